The van der Waals surface area contributed by atoms with Gasteiger partial charge in [-0.05, 0) is 12.0 Å². The summed E-state index contributed by atoms with van der Waals surface area (Å²) in [6, 6.07) is 9.10. The van der Waals surface area contributed by atoms with Crippen LogP contribution in [0.4, 0.5) is 0 Å². The van der Waals surface area contributed by atoms with Crippen LogP contribution in [0.5, 0.6) is 0 Å². The molecule has 0 fully saturated rings. The third-order valence-corrected chi connectivity index (χ3v) is 2.34. The Kier molecular flexibility index (Phi) is 5.64. The first-order chi connectivity index (χ1) is 8.63. The van der Waals surface area contributed by atoms with E-state index < -0.39 is 12.0 Å². The number of esters is 1. The maximum Gasteiger partial charge on any atom is 0.328 e. The van der Waals surface area contributed by atoms with E-state index in [2.05, 4.69) is 10.1 Å². The Morgan fingerprint density at radius 1 is 1.33 bits per heavy atom. The van der Waals surface area contributed by atoms with E-state index in [0.29, 0.717) is 6.42 Å². The summed E-state index contributed by atoms with van der Waals surface area (Å²) < 4.78 is 4.63. The van der Waals surface area contributed by atoms with Crippen molar-refractivity contribution in [2.45, 2.75) is 19.4 Å². The number of hydrogen-bond acceptors (Lipinski definition) is 3. The normalized spacial score (nSPS) is 12.1. The van der Waals surface area contributed by atoms with Crippen molar-refractivity contribution in [3.63, 3.8) is 0 Å². The van der Waals surface area contributed by atoms with E-state index in [9.17, 15) is 9.59 Å². The van der Waals surface area contributed by atoms with Crippen LogP contribution in [0.25, 0.3) is 6.08 Å². The molecule has 1 rings (SSSR count). The van der Waals surface area contributed by atoms with Crippen LogP contribution in [-0.4, -0.2) is 25.0 Å². The Morgan fingerprint density at radius 2 is 2.00 bits per heavy atom. The van der Waals surface area contributed by atoms with Crippen LogP contribution in [0.2, 0.25) is 0 Å². The molecule has 0 bridgehead atoms. The van der Waals surface area contributed by atoms with Gasteiger partial charge in [0.2, 0.25) is 5.91 Å². The molecule has 0 spiro atoms. The zero-order valence-electron chi connectivity index (χ0n) is 10.6. The second-order valence-corrected chi connectivity index (χ2v) is 3.83. The van der Waals surface area contributed by atoms with Gasteiger partial charge in [-0.2, -0.15) is 0 Å². The van der Waals surface area contributed by atoms with Gasteiger partial charge in [0, 0.05) is 6.92 Å². The average molecular weight is 247 g/mol. The van der Waals surface area contributed by atoms with Gasteiger partial charge in [-0.15, -0.1) is 0 Å². The van der Waals surface area contributed by atoms with Crippen molar-refractivity contribution >= 4 is 18.0 Å². The lowest BCUT2D eigenvalue weighted by Crippen LogP contribution is -2.39. The van der Waals surface area contributed by atoms with Gasteiger partial charge >= 0.3 is 5.97 Å². The highest BCUT2D eigenvalue weighted by Crippen LogP contribution is 2.04. The molecule has 0 aliphatic heterocycles. The summed E-state index contributed by atoms with van der Waals surface area (Å²) >= 11 is 0. The Labute approximate surface area is 107 Å². The highest BCUT2D eigenvalue weighted by Gasteiger charge is 2.17. The number of hydrogen-bond donors (Lipinski definition) is 1. The monoisotopic (exact) mass is 247 g/mol. The zero-order valence-corrected chi connectivity index (χ0v) is 10.6. The van der Waals surface area contributed by atoms with E-state index in [-0.39, 0.29) is 5.91 Å². The molecule has 1 amide bonds. The molecule has 0 aromatic heterocycles. The topological polar surface area (TPSA) is 55.4 Å². The van der Waals surface area contributed by atoms with Crippen molar-refractivity contribution in [2.75, 3.05) is 7.11 Å². The maximum atomic E-state index is 11.4. The fourth-order valence-corrected chi connectivity index (χ4v) is 1.51. The smallest absolute Gasteiger partial charge is 0.328 e. The summed E-state index contributed by atoms with van der Waals surface area (Å²) in [5.74, 6) is -0.693. The third-order valence-electron chi connectivity index (χ3n) is 2.34. The minimum Gasteiger partial charge on any atom is -0.467 e. The van der Waals surface area contributed by atoms with E-state index in [1.54, 1.807) is 0 Å². The summed E-state index contributed by atoms with van der Waals surface area (Å²) in [4.78, 5) is 22.4. The Balaban J connectivity index is 2.59. The maximum absolute atomic E-state index is 11.4. The van der Waals surface area contributed by atoms with Gasteiger partial charge in [0.05, 0.1) is 7.11 Å². The van der Waals surface area contributed by atoms with Crippen molar-refractivity contribution < 1.29 is 14.3 Å². The molecule has 1 atom stereocenters. The van der Waals surface area contributed by atoms with Gasteiger partial charge in [0.1, 0.15) is 6.04 Å². The second kappa shape index (κ2) is 7.27. The Bertz CT molecular complexity index is 426. The number of rotatable bonds is 5. The summed E-state index contributed by atoms with van der Waals surface area (Å²) in [6.07, 6.45) is 4.14. The van der Waals surface area contributed by atoms with E-state index in [0.717, 1.165) is 5.56 Å². The first-order valence-electron chi connectivity index (χ1n) is 5.70. The second-order valence-electron chi connectivity index (χ2n) is 3.83. The Morgan fingerprint density at radius 3 is 2.56 bits per heavy atom. The standard InChI is InChI=1S/C14H17NO3/c1-11(16)15-13(14(17)18-2)10-6-9-12-7-4-3-5-8-12/h3-9,13H,10H2,1-2H3,(H,15,16)/b9-6+/t13-/m1/s1. The van der Waals surface area contributed by atoms with Gasteiger partial charge < -0.3 is 10.1 Å². The highest BCUT2D eigenvalue weighted by atomic mass is 16.5. The van der Waals surface area contributed by atoms with Crippen LogP contribution < -0.4 is 5.32 Å². The molecule has 4 heteroatoms. The van der Waals surface area contributed by atoms with E-state index in [1.807, 2.05) is 42.5 Å². The molecule has 4 nitrogen and oxygen atoms in total. The number of amides is 1. The van der Waals surface area contributed by atoms with Crippen molar-refractivity contribution in [2.24, 2.45) is 0 Å². The lowest BCUT2D eigenvalue weighted by Gasteiger charge is -2.12. The predicted molar refractivity (Wildman–Crippen MR) is 69.7 cm³/mol. The van der Waals surface area contributed by atoms with Crippen molar-refractivity contribution in [3.8, 4) is 0 Å². The number of carbonyl (C=O) groups excluding carboxylic acids is 2. The van der Waals surface area contributed by atoms with Gasteiger partial charge in [-0.25, -0.2) is 4.79 Å². The molecule has 0 radical (unpaired) electrons. The summed E-state index contributed by atoms with van der Waals surface area (Å²) in [7, 11) is 1.30. The van der Waals surface area contributed by atoms with Gasteiger partial charge in [-0.3, -0.25) is 4.79 Å². The predicted octanol–water partition coefficient (Wildman–Crippen LogP) is 1.77. The molecule has 0 heterocycles. The fraction of sp³-hybridized carbons (Fsp3) is 0.286. The summed E-state index contributed by atoms with van der Waals surface area (Å²) in [5, 5.41) is 2.55. The molecule has 0 saturated heterocycles. The molecule has 1 aromatic carbocycles. The van der Waals surface area contributed by atoms with Crippen molar-refractivity contribution in [3.05, 3.63) is 42.0 Å². The molecule has 0 saturated carbocycles. The molecule has 18 heavy (non-hydrogen) atoms. The van der Waals surface area contributed by atoms with E-state index in [1.165, 1.54) is 14.0 Å². The minimum absolute atomic E-state index is 0.251. The largest absolute Gasteiger partial charge is 0.467 e. The first-order valence-corrected chi connectivity index (χ1v) is 5.70. The lowest BCUT2D eigenvalue weighted by molar-refractivity contribution is -0.144. The highest BCUT2D eigenvalue weighted by molar-refractivity contribution is 5.83. The van der Waals surface area contributed by atoms with Crippen molar-refractivity contribution in [1.29, 1.82) is 0 Å². The lowest BCUT2D eigenvalue weighted by atomic mass is 10.1. The van der Waals surface area contributed by atoms with Gasteiger partial charge in [0.15, 0.2) is 0 Å². The van der Waals surface area contributed by atoms with Crippen LogP contribution in [0, 0.1) is 0 Å². The molecule has 0 unspecified atom stereocenters. The van der Waals surface area contributed by atoms with E-state index in [4.69, 9.17) is 0 Å². The van der Waals surface area contributed by atoms with Crippen LogP contribution in [0.1, 0.15) is 18.9 Å². The average Bonchev–Trinajstić information content (AvgIpc) is 2.37. The van der Waals surface area contributed by atoms with Crippen LogP contribution in [0.15, 0.2) is 36.4 Å². The fourth-order valence-electron chi connectivity index (χ4n) is 1.51. The Hall–Kier alpha value is -2.10. The molecular formula is C14H17NO3. The quantitative estimate of drug-likeness (QED) is 0.807. The van der Waals surface area contributed by atoms with Gasteiger partial charge in [-0.1, -0.05) is 42.5 Å². The van der Waals surface area contributed by atoms with E-state index >= 15 is 0 Å². The number of methoxy groups -OCH3 is 1. The number of nitrogens with one attached hydrogen (secondary N) is 1. The summed E-state index contributed by atoms with van der Waals surface area (Å²) in [6.45, 7) is 1.37. The minimum atomic E-state index is -0.632. The summed E-state index contributed by atoms with van der Waals surface area (Å²) in [5.41, 5.74) is 1.05. The molecule has 1 aromatic rings. The molecule has 96 valence electrons. The molecule has 0 aliphatic carbocycles. The first kappa shape index (κ1) is 14.0. The third kappa shape index (κ3) is 4.82. The SMILES string of the molecule is COC(=O)[C@@H](C/C=C/c1ccccc1)NC(C)=O. The number of benzene rings is 1. The molecular weight excluding hydrogens is 230 g/mol. The van der Waals surface area contributed by atoms with Crippen LogP contribution in [-0.2, 0) is 14.3 Å². The number of ether oxygens (including phenoxy) is 1. The van der Waals surface area contributed by atoms with Crippen LogP contribution in [0.3, 0.4) is 0 Å². The molecule has 0 aliphatic rings. The van der Waals surface area contributed by atoms with Crippen molar-refractivity contribution in [1.82, 2.24) is 5.32 Å². The van der Waals surface area contributed by atoms with Gasteiger partial charge in [0.25, 0.3) is 0 Å². The zero-order chi connectivity index (χ0) is 13.4. The number of carbonyl (C=O) groups is 2. The van der Waals surface area contributed by atoms with Crippen LogP contribution >= 0.6 is 0 Å². The molecule has 1 N–H and O–H groups in total.